The second-order valence-corrected chi connectivity index (χ2v) is 8.63. The Morgan fingerprint density at radius 1 is 1.20 bits per heavy atom. The van der Waals surface area contributed by atoms with Crippen molar-refractivity contribution in [2.45, 2.75) is 51.0 Å². The van der Waals surface area contributed by atoms with Gasteiger partial charge in [0, 0.05) is 18.0 Å². The van der Waals surface area contributed by atoms with E-state index >= 15 is 0 Å². The molecule has 1 aromatic rings. The smallest absolute Gasteiger partial charge is 0.220 e. The number of nitrogens with one attached hydrogen (secondary N) is 1. The van der Waals surface area contributed by atoms with Crippen molar-refractivity contribution in [2.24, 2.45) is 17.8 Å². The van der Waals surface area contributed by atoms with Crippen molar-refractivity contribution in [2.75, 3.05) is 19.6 Å². The zero-order valence-corrected chi connectivity index (χ0v) is 15.7. The van der Waals surface area contributed by atoms with E-state index in [0.29, 0.717) is 12.5 Å². The van der Waals surface area contributed by atoms with Gasteiger partial charge in [-0.3, -0.25) is 9.69 Å². The number of likely N-dealkylation sites (tertiary alicyclic amines) is 1. The van der Waals surface area contributed by atoms with E-state index < -0.39 is 0 Å². The number of carbonyl (C=O) groups is 1. The van der Waals surface area contributed by atoms with Crippen molar-refractivity contribution in [1.29, 1.82) is 0 Å². The van der Waals surface area contributed by atoms with Crippen molar-refractivity contribution in [3.8, 4) is 0 Å². The summed E-state index contributed by atoms with van der Waals surface area (Å²) in [6, 6.07) is 8.27. The molecule has 2 aliphatic carbocycles. The Hall–Kier alpha value is -1.06. The fraction of sp³-hybridized carbons (Fsp3) is 0.667. The molecule has 4 atom stereocenters. The minimum atomic E-state index is 0.195. The molecule has 1 aromatic carbocycles. The van der Waals surface area contributed by atoms with E-state index in [1.165, 1.54) is 38.5 Å². The predicted molar refractivity (Wildman–Crippen MR) is 102 cm³/mol. The molecule has 0 radical (unpaired) electrons. The molecule has 3 aliphatic rings. The van der Waals surface area contributed by atoms with Crippen LogP contribution in [0.25, 0.3) is 0 Å². The highest BCUT2D eigenvalue weighted by molar-refractivity contribution is 6.31. The van der Waals surface area contributed by atoms with Crippen molar-refractivity contribution in [3.63, 3.8) is 0 Å². The highest BCUT2D eigenvalue weighted by Crippen LogP contribution is 2.49. The molecule has 25 heavy (non-hydrogen) atoms. The second-order valence-electron chi connectivity index (χ2n) is 8.22. The first-order valence-electron chi connectivity index (χ1n) is 9.96. The summed E-state index contributed by atoms with van der Waals surface area (Å²) in [5.41, 5.74) is 1.14. The van der Waals surface area contributed by atoms with Gasteiger partial charge in [-0.25, -0.2) is 0 Å². The molecule has 1 saturated heterocycles. The Morgan fingerprint density at radius 2 is 2.00 bits per heavy atom. The number of fused-ring (bicyclic) bond motifs is 2. The minimum absolute atomic E-state index is 0.195. The number of hydrogen-bond acceptors (Lipinski definition) is 2. The van der Waals surface area contributed by atoms with Gasteiger partial charge in [0.25, 0.3) is 0 Å². The van der Waals surface area contributed by atoms with Gasteiger partial charge < -0.3 is 5.32 Å². The van der Waals surface area contributed by atoms with E-state index in [-0.39, 0.29) is 11.9 Å². The van der Waals surface area contributed by atoms with E-state index in [2.05, 4.69) is 16.3 Å². The lowest BCUT2D eigenvalue weighted by molar-refractivity contribution is -0.122. The Balaban J connectivity index is 1.37. The first kappa shape index (κ1) is 17.4. The molecule has 2 bridgehead atoms. The van der Waals surface area contributed by atoms with Crippen molar-refractivity contribution < 1.29 is 4.79 Å². The first-order chi connectivity index (χ1) is 12.2. The summed E-state index contributed by atoms with van der Waals surface area (Å²) in [4.78, 5) is 15.0. The molecule has 1 heterocycles. The Kier molecular flexibility index (Phi) is 5.33. The molecule has 4 unspecified atom stereocenters. The van der Waals surface area contributed by atoms with Crippen LogP contribution in [0.3, 0.4) is 0 Å². The van der Waals surface area contributed by atoms with Crippen LogP contribution in [0.1, 0.15) is 56.6 Å². The fourth-order valence-corrected chi connectivity index (χ4v) is 5.64. The highest BCUT2D eigenvalue weighted by atomic mass is 35.5. The van der Waals surface area contributed by atoms with Crippen molar-refractivity contribution >= 4 is 17.5 Å². The van der Waals surface area contributed by atoms with Gasteiger partial charge in [0.05, 0.1) is 6.04 Å². The largest absolute Gasteiger partial charge is 0.354 e. The number of amides is 1. The summed E-state index contributed by atoms with van der Waals surface area (Å²) < 4.78 is 0. The molecule has 2 saturated carbocycles. The molecular weight excluding hydrogens is 332 g/mol. The molecule has 3 nitrogen and oxygen atoms in total. The van der Waals surface area contributed by atoms with Gasteiger partial charge in [-0.05, 0) is 74.6 Å². The molecule has 0 aromatic heterocycles. The van der Waals surface area contributed by atoms with E-state index in [9.17, 15) is 4.79 Å². The Labute approximate surface area is 156 Å². The van der Waals surface area contributed by atoms with Crippen molar-refractivity contribution in [1.82, 2.24) is 10.2 Å². The summed E-state index contributed by atoms with van der Waals surface area (Å²) >= 11 is 6.45. The van der Waals surface area contributed by atoms with Crippen LogP contribution >= 0.6 is 11.6 Å². The third kappa shape index (κ3) is 3.88. The highest BCUT2D eigenvalue weighted by Gasteiger charge is 2.40. The van der Waals surface area contributed by atoms with E-state index in [0.717, 1.165) is 41.9 Å². The average Bonchev–Trinajstić information content (AvgIpc) is 3.34. The number of benzene rings is 1. The van der Waals surface area contributed by atoms with Crippen LogP contribution in [0, 0.1) is 17.8 Å². The van der Waals surface area contributed by atoms with E-state index in [1.807, 2.05) is 18.2 Å². The summed E-state index contributed by atoms with van der Waals surface area (Å²) in [5, 5.41) is 4.04. The van der Waals surface area contributed by atoms with E-state index in [1.54, 1.807) is 0 Å². The SMILES string of the molecule is O=C(CC1CC2CCC1C2)NCC(c1ccccc1Cl)N1CCCC1. The molecule has 0 spiro atoms. The predicted octanol–water partition coefficient (Wildman–Crippen LogP) is 4.42. The number of hydrogen-bond donors (Lipinski definition) is 1. The lowest BCUT2D eigenvalue weighted by Crippen LogP contribution is -2.37. The van der Waals surface area contributed by atoms with Crippen LogP contribution in [0.4, 0.5) is 0 Å². The summed E-state index contributed by atoms with van der Waals surface area (Å²) in [6.07, 6.45) is 8.58. The van der Waals surface area contributed by atoms with Gasteiger partial charge in [-0.2, -0.15) is 0 Å². The topological polar surface area (TPSA) is 32.3 Å². The average molecular weight is 361 g/mol. The Morgan fingerprint density at radius 3 is 2.68 bits per heavy atom. The van der Waals surface area contributed by atoms with Crippen LogP contribution in [0.15, 0.2) is 24.3 Å². The Bertz CT molecular complexity index is 614. The van der Waals surface area contributed by atoms with Gasteiger partial charge in [0.2, 0.25) is 5.91 Å². The molecule has 1 aliphatic heterocycles. The zero-order valence-electron chi connectivity index (χ0n) is 14.9. The van der Waals surface area contributed by atoms with Gasteiger partial charge in [0.1, 0.15) is 0 Å². The lowest BCUT2D eigenvalue weighted by atomic mass is 9.86. The first-order valence-corrected chi connectivity index (χ1v) is 10.3. The third-order valence-corrected chi connectivity index (χ3v) is 7.01. The van der Waals surface area contributed by atoms with E-state index in [4.69, 9.17) is 11.6 Å². The van der Waals surface area contributed by atoms with Crippen LogP contribution in [-0.4, -0.2) is 30.4 Å². The van der Waals surface area contributed by atoms with Crippen LogP contribution in [0.5, 0.6) is 0 Å². The summed E-state index contributed by atoms with van der Waals surface area (Å²) in [7, 11) is 0. The molecular formula is C21H29ClN2O. The van der Waals surface area contributed by atoms with Gasteiger partial charge in [-0.1, -0.05) is 36.2 Å². The van der Waals surface area contributed by atoms with Gasteiger partial charge >= 0.3 is 0 Å². The minimum Gasteiger partial charge on any atom is -0.354 e. The molecule has 3 fully saturated rings. The van der Waals surface area contributed by atoms with Crippen LogP contribution in [0.2, 0.25) is 5.02 Å². The molecule has 4 rings (SSSR count). The molecule has 1 amide bonds. The molecule has 136 valence electrons. The summed E-state index contributed by atoms with van der Waals surface area (Å²) in [5.74, 6) is 2.58. The number of halogens is 1. The third-order valence-electron chi connectivity index (χ3n) is 6.67. The maximum Gasteiger partial charge on any atom is 0.220 e. The second kappa shape index (κ2) is 7.67. The molecule has 1 N–H and O–H groups in total. The molecule has 4 heteroatoms. The standard InChI is InChI=1S/C21H29ClN2O/c22-19-6-2-1-5-18(19)20(24-9-3-4-10-24)14-23-21(25)13-17-12-15-7-8-16(17)11-15/h1-2,5-6,15-17,20H,3-4,7-14H2,(H,23,25). The quantitative estimate of drug-likeness (QED) is 0.814. The maximum absolute atomic E-state index is 12.5. The number of nitrogens with zero attached hydrogens (tertiary/aromatic N) is 1. The van der Waals surface area contributed by atoms with Gasteiger partial charge in [-0.15, -0.1) is 0 Å². The van der Waals surface area contributed by atoms with Gasteiger partial charge in [0.15, 0.2) is 0 Å². The lowest BCUT2D eigenvalue weighted by Gasteiger charge is -2.29. The van der Waals surface area contributed by atoms with Crippen LogP contribution in [-0.2, 0) is 4.79 Å². The maximum atomic E-state index is 12.5. The fourth-order valence-electron chi connectivity index (χ4n) is 5.38. The monoisotopic (exact) mass is 360 g/mol. The van der Waals surface area contributed by atoms with Crippen molar-refractivity contribution in [3.05, 3.63) is 34.9 Å². The number of rotatable bonds is 6. The zero-order chi connectivity index (χ0) is 17.2. The van der Waals surface area contributed by atoms with Crippen LogP contribution < -0.4 is 5.32 Å². The summed E-state index contributed by atoms with van der Waals surface area (Å²) in [6.45, 7) is 2.86. The number of carbonyl (C=O) groups excluding carboxylic acids is 1. The normalized spacial score (nSPS) is 29.9.